The molecule has 2 aromatic heterocycles. The Morgan fingerprint density at radius 1 is 1.33 bits per heavy atom. The maximum atomic E-state index is 11.8. The number of anilines is 1. The van der Waals surface area contributed by atoms with E-state index in [1.807, 2.05) is 13.0 Å². The summed E-state index contributed by atoms with van der Waals surface area (Å²) in [6.07, 6.45) is 3.31. The van der Waals surface area contributed by atoms with E-state index in [0.29, 0.717) is 11.5 Å². The molecule has 1 amide bonds. The van der Waals surface area contributed by atoms with Crippen LogP contribution >= 0.6 is 0 Å². The first-order valence-corrected chi connectivity index (χ1v) is 6.49. The minimum atomic E-state index is -0.364. The average molecular weight is 287 g/mol. The Morgan fingerprint density at radius 2 is 2.10 bits per heavy atom. The van der Waals surface area contributed by atoms with Crippen molar-refractivity contribution in [3.05, 3.63) is 52.1 Å². The van der Waals surface area contributed by atoms with Crippen LogP contribution in [0.2, 0.25) is 0 Å². The SMILES string of the molecule is Cc1ccc(NC(=O)COc2c(C)n(C)ccc2=O)nc1. The molecular formula is C15H17N3O3. The zero-order valence-corrected chi connectivity index (χ0v) is 12.2. The predicted octanol–water partition coefficient (Wildman–Crippen LogP) is 1.41. The van der Waals surface area contributed by atoms with Gasteiger partial charge in [-0.25, -0.2) is 4.98 Å². The minimum Gasteiger partial charge on any atom is -0.478 e. The molecule has 110 valence electrons. The van der Waals surface area contributed by atoms with Crippen LogP contribution in [-0.2, 0) is 11.8 Å². The number of hydrogen-bond acceptors (Lipinski definition) is 4. The number of ether oxygens (including phenoxy) is 1. The summed E-state index contributed by atoms with van der Waals surface area (Å²) in [5.41, 5.74) is 1.43. The van der Waals surface area contributed by atoms with Crippen LogP contribution in [0.5, 0.6) is 5.75 Å². The molecule has 0 unspecified atom stereocenters. The fourth-order valence-corrected chi connectivity index (χ4v) is 1.74. The van der Waals surface area contributed by atoms with E-state index in [2.05, 4.69) is 10.3 Å². The van der Waals surface area contributed by atoms with Crippen LogP contribution in [0.3, 0.4) is 0 Å². The van der Waals surface area contributed by atoms with Crippen LogP contribution in [0.15, 0.2) is 35.4 Å². The number of nitrogens with one attached hydrogen (secondary N) is 1. The van der Waals surface area contributed by atoms with Crippen molar-refractivity contribution >= 4 is 11.7 Å². The maximum Gasteiger partial charge on any atom is 0.263 e. The Hall–Kier alpha value is -2.63. The second kappa shape index (κ2) is 6.21. The highest BCUT2D eigenvalue weighted by Crippen LogP contribution is 2.10. The van der Waals surface area contributed by atoms with Gasteiger partial charge in [0.15, 0.2) is 12.4 Å². The van der Waals surface area contributed by atoms with Crippen LogP contribution in [0.4, 0.5) is 5.82 Å². The summed E-state index contributed by atoms with van der Waals surface area (Å²) in [4.78, 5) is 27.6. The zero-order valence-electron chi connectivity index (χ0n) is 12.2. The Bertz CT molecular complexity index is 705. The van der Waals surface area contributed by atoms with Gasteiger partial charge in [0.2, 0.25) is 5.43 Å². The van der Waals surface area contributed by atoms with Crippen molar-refractivity contribution in [3.8, 4) is 5.75 Å². The van der Waals surface area contributed by atoms with E-state index in [1.54, 1.807) is 37.0 Å². The third kappa shape index (κ3) is 3.68. The molecule has 0 saturated heterocycles. The number of carbonyl (C=O) groups is 1. The molecule has 0 bridgehead atoms. The van der Waals surface area contributed by atoms with Gasteiger partial charge in [0.25, 0.3) is 5.91 Å². The highest BCUT2D eigenvalue weighted by atomic mass is 16.5. The molecule has 0 radical (unpaired) electrons. The quantitative estimate of drug-likeness (QED) is 0.923. The number of hydrogen-bond donors (Lipinski definition) is 1. The Kier molecular flexibility index (Phi) is 4.37. The van der Waals surface area contributed by atoms with Crippen LogP contribution in [-0.4, -0.2) is 22.1 Å². The van der Waals surface area contributed by atoms with E-state index >= 15 is 0 Å². The van der Waals surface area contributed by atoms with Gasteiger partial charge in [-0.3, -0.25) is 9.59 Å². The summed E-state index contributed by atoms with van der Waals surface area (Å²) in [6, 6.07) is 4.96. The van der Waals surface area contributed by atoms with Crippen molar-refractivity contribution in [1.82, 2.24) is 9.55 Å². The van der Waals surface area contributed by atoms with Gasteiger partial charge in [-0.15, -0.1) is 0 Å². The highest BCUT2D eigenvalue weighted by molar-refractivity contribution is 5.90. The largest absolute Gasteiger partial charge is 0.478 e. The molecule has 2 heterocycles. The molecule has 6 heteroatoms. The van der Waals surface area contributed by atoms with Crippen LogP contribution in [0, 0.1) is 13.8 Å². The number of aromatic nitrogens is 2. The van der Waals surface area contributed by atoms with Crippen molar-refractivity contribution in [3.63, 3.8) is 0 Å². The standard InChI is InChI=1S/C15H17N3O3/c1-10-4-5-13(16-8-10)17-14(20)9-21-15-11(2)18(3)7-6-12(15)19/h4-8H,9H2,1-3H3,(H,16,17,20). The number of amides is 1. The lowest BCUT2D eigenvalue weighted by Gasteiger charge is -2.11. The van der Waals surface area contributed by atoms with Gasteiger partial charge in [0, 0.05) is 25.5 Å². The first-order chi connectivity index (χ1) is 9.97. The van der Waals surface area contributed by atoms with Gasteiger partial charge >= 0.3 is 0 Å². The molecular weight excluding hydrogens is 270 g/mol. The number of rotatable bonds is 4. The second-order valence-corrected chi connectivity index (χ2v) is 4.76. The minimum absolute atomic E-state index is 0.187. The Morgan fingerprint density at radius 3 is 2.76 bits per heavy atom. The molecule has 0 aromatic carbocycles. The van der Waals surface area contributed by atoms with E-state index in [0.717, 1.165) is 5.56 Å². The number of aryl methyl sites for hydroxylation is 2. The van der Waals surface area contributed by atoms with Crippen molar-refractivity contribution < 1.29 is 9.53 Å². The van der Waals surface area contributed by atoms with Gasteiger partial charge in [0.05, 0.1) is 5.69 Å². The van der Waals surface area contributed by atoms with Gasteiger partial charge in [0.1, 0.15) is 5.82 Å². The topological polar surface area (TPSA) is 73.2 Å². The molecule has 0 spiro atoms. The zero-order chi connectivity index (χ0) is 15.4. The molecule has 21 heavy (non-hydrogen) atoms. The van der Waals surface area contributed by atoms with E-state index in [4.69, 9.17) is 4.74 Å². The number of pyridine rings is 2. The molecule has 6 nitrogen and oxygen atoms in total. The smallest absolute Gasteiger partial charge is 0.263 e. The maximum absolute atomic E-state index is 11.8. The molecule has 0 fully saturated rings. The molecule has 0 saturated carbocycles. The van der Waals surface area contributed by atoms with E-state index in [9.17, 15) is 9.59 Å². The summed E-state index contributed by atoms with van der Waals surface area (Å²) in [5.74, 6) is 0.274. The summed E-state index contributed by atoms with van der Waals surface area (Å²) < 4.78 is 7.09. The van der Waals surface area contributed by atoms with Crippen molar-refractivity contribution in [1.29, 1.82) is 0 Å². The Labute approximate surface area is 122 Å². The van der Waals surface area contributed by atoms with Gasteiger partial charge in [-0.05, 0) is 25.5 Å². The second-order valence-electron chi connectivity index (χ2n) is 4.76. The lowest BCUT2D eigenvalue weighted by Crippen LogP contribution is -2.23. The molecule has 0 aliphatic heterocycles. The summed E-state index contributed by atoms with van der Waals surface area (Å²) >= 11 is 0. The van der Waals surface area contributed by atoms with Crippen LogP contribution < -0.4 is 15.5 Å². The average Bonchev–Trinajstić information content (AvgIpc) is 2.45. The first-order valence-electron chi connectivity index (χ1n) is 6.49. The fourth-order valence-electron chi connectivity index (χ4n) is 1.74. The molecule has 0 aliphatic rings. The molecule has 2 rings (SSSR count). The normalized spacial score (nSPS) is 10.2. The predicted molar refractivity (Wildman–Crippen MR) is 79.5 cm³/mol. The van der Waals surface area contributed by atoms with Gasteiger partial charge < -0.3 is 14.6 Å². The lowest BCUT2D eigenvalue weighted by molar-refractivity contribution is -0.118. The third-order valence-electron chi connectivity index (χ3n) is 3.06. The molecule has 1 N–H and O–H groups in total. The fraction of sp³-hybridized carbons (Fsp3) is 0.267. The number of nitrogens with zero attached hydrogens (tertiary/aromatic N) is 2. The summed E-state index contributed by atoms with van der Waals surface area (Å²) in [5, 5.41) is 2.61. The Balaban J connectivity index is 2.00. The van der Waals surface area contributed by atoms with Crippen molar-refractivity contribution in [2.24, 2.45) is 7.05 Å². The van der Waals surface area contributed by atoms with Crippen molar-refractivity contribution in [2.45, 2.75) is 13.8 Å². The van der Waals surface area contributed by atoms with E-state index in [-0.39, 0.29) is 23.7 Å². The van der Waals surface area contributed by atoms with Crippen LogP contribution in [0.1, 0.15) is 11.3 Å². The highest BCUT2D eigenvalue weighted by Gasteiger charge is 2.10. The summed E-state index contributed by atoms with van der Waals surface area (Å²) in [6.45, 7) is 3.43. The molecule has 2 aromatic rings. The third-order valence-corrected chi connectivity index (χ3v) is 3.06. The van der Waals surface area contributed by atoms with Gasteiger partial charge in [-0.1, -0.05) is 6.07 Å². The van der Waals surface area contributed by atoms with Gasteiger partial charge in [-0.2, -0.15) is 0 Å². The lowest BCUT2D eigenvalue weighted by atomic mass is 10.3. The first kappa shape index (κ1) is 14.8. The summed E-state index contributed by atoms with van der Waals surface area (Å²) in [7, 11) is 1.80. The molecule has 0 atom stereocenters. The molecule has 0 aliphatic carbocycles. The van der Waals surface area contributed by atoms with E-state index in [1.165, 1.54) is 6.07 Å². The monoisotopic (exact) mass is 287 g/mol. The van der Waals surface area contributed by atoms with Crippen molar-refractivity contribution in [2.75, 3.05) is 11.9 Å². The van der Waals surface area contributed by atoms with Crippen LogP contribution in [0.25, 0.3) is 0 Å². The van der Waals surface area contributed by atoms with E-state index < -0.39 is 0 Å². The number of carbonyl (C=O) groups excluding carboxylic acids is 1.